The minimum absolute atomic E-state index is 0.0244. The average Bonchev–Trinajstić information content (AvgIpc) is 2.55. The summed E-state index contributed by atoms with van der Waals surface area (Å²) in [5.41, 5.74) is -0.258. The van der Waals surface area contributed by atoms with Gasteiger partial charge < -0.3 is 19.3 Å². The maximum Gasteiger partial charge on any atom is 0.357 e. The van der Waals surface area contributed by atoms with Crippen molar-refractivity contribution in [3.8, 4) is 5.75 Å². The molecule has 132 valence electrons. The lowest BCUT2D eigenvalue weighted by Crippen LogP contribution is -2.39. The van der Waals surface area contributed by atoms with Crippen LogP contribution < -0.4 is 4.74 Å². The third-order valence-corrected chi connectivity index (χ3v) is 5.44. The number of rotatable bonds is 7. The van der Waals surface area contributed by atoms with Crippen molar-refractivity contribution in [1.82, 2.24) is 4.31 Å². The highest BCUT2D eigenvalue weighted by Crippen LogP contribution is 2.39. The van der Waals surface area contributed by atoms with Gasteiger partial charge in [0.25, 0.3) is 10.0 Å². The van der Waals surface area contributed by atoms with Crippen molar-refractivity contribution in [2.45, 2.75) is 11.3 Å². The smallest absolute Gasteiger partial charge is 0.357 e. The Balaban J connectivity index is 2.69. The van der Waals surface area contributed by atoms with Crippen molar-refractivity contribution in [2.24, 2.45) is 0 Å². The molecule has 0 saturated heterocycles. The molecule has 1 N–H and O–H groups in total. The fraction of sp³-hybridized carbons (Fsp3) is 0.400. The zero-order valence-corrected chi connectivity index (χ0v) is 14.4. The molecular formula is C15H19NO7S. The first-order chi connectivity index (χ1) is 11.4. The normalized spacial score (nSPS) is 15.9. The topological polar surface area (TPSA) is 102 Å². The van der Waals surface area contributed by atoms with Gasteiger partial charge >= 0.3 is 5.97 Å². The number of carboxylic acids is 1. The molecule has 0 atom stereocenters. The third-order valence-electron chi connectivity index (χ3n) is 3.58. The van der Waals surface area contributed by atoms with Gasteiger partial charge in [-0.25, -0.2) is 13.2 Å². The van der Waals surface area contributed by atoms with E-state index in [1.165, 1.54) is 39.5 Å². The zero-order valence-electron chi connectivity index (χ0n) is 13.6. The lowest BCUT2D eigenvalue weighted by molar-refractivity contribution is -0.133. The summed E-state index contributed by atoms with van der Waals surface area (Å²) in [7, 11) is 0.198. The van der Waals surface area contributed by atoms with Gasteiger partial charge in [0, 0.05) is 25.8 Å². The Bertz CT molecular complexity index is 770. The van der Waals surface area contributed by atoms with Crippen LogP contribution in [0.2, 0.25) is 0 Å². The van der Waals surface area contributed by atoms with Crippen molar-refractivity contribution in [3.63, 3.8) is 0 Å². The van der Waals surface area contributed by atoms with E-state index in [2.05, 4.69) is 0 Å². The third kappa shape index (κ3) is 3.04. The molecule has 2 rings (SSSR count). The molecular weight excluding hydrogens is 338 g/mol. The molecule has 1 aromatic rings. The summed E-state index contributed by atoms with van der Waals surface area (Å²) in [4.78, 5) is 11.7. The van der Waals surface area contributed by atoms with E-state index >= 15 is 0 Å². The predicted molar refractivity (Wildman–Crippen MR) is 84.9 cm³/mol. The van der Waals surface area contributed by atoms with Gasteiger partial charge in [0.1, 0.15) is 5.75 Å². The quantitative estimate of drug-likeness (QED) is 0.730. The molecule has 1 aliphatic rings. The van der Waals surface area contributed by atoms with Crippen LogP contribution in [-0.4, -0.2) is 58.3 Å². The molecule has 0 unspecified atom stereocenters. The highest BCUT2D eigenvalue weighted by molar-refractivity contribution is 7.89. The number of nitrogens with zero attached hydrogens (tertiary/aromatic N) is 1. The fourth-order valence-corrected chi connectivity index (χ4v) is 4.19. The fourth-order valence-electron chi connectivity index (χ4n) is 2.51. The monoisotopic (exact) mass is 357 g/mol. The first-order valence-corrected chi connectivity index (χ1v) is 8.54. The highest BCUT2D eigenvalue weighted by Gasteiger charge is 2.40. The van der Waals surface area contributed by atoms with E-state index in [0.29, 0.717) is 18.8 Å². The SMILES string of the molecule is COCCCN1C(C(=O)O)=C(OC)c2cc(OC)ccc2S1(=O)=O. The molecule has 0 bridgehead atoms. The standard InChI is InChI=1S/C15H19NO7S/c1-21-8-4-7-16-13(15(17)18)14(23-3)11-9-10(22-2)5-6-12(11)24(16,19)20/h5-6,9H,4,7-8H2,1-3H3,(H,17,18). The summed E-state index contributed by atoms with van der Waals surface area (Å²) in [6.45, 7) is 0.271. The Kier molecular flexibility index (Phi) is 5.35. The minimum Gasteiger partial charge on any atom is -0.497 e. The summed E-state index contributed by atoms with van der Waals surface area (Å²) in [5.74, 6) is -1.01. The second-order valence-electron chi connectivity index (χ2n) is 4.97. The maximum atomic E-state index is 12.9. The van der Waals surface area contributed by atoms with Gasteiger partial charge in [0.05, 0.1) is 19.1 Å². The van der Waals surface area contributed by atoms with Crippen LogP contribution in [0.4, 0.5) is 0 Å². The number of methoxy groups -OCH3 is 3. The Hall–Kier alpha value is -2.26. The Labute approximate surface area is 140 Å². The Morgan fingerprint density at radius 3 is 2.46 bits per heavy atom. The van der Waals surface area contributed by atoms with Gasteiger partial charge in [0.15, 0.2) is 11.5 Å². The van der Waals surface area contributed by atoms with Crippen molar-refractivity contribution in [2.75, 3.05) is 34.5 Å². The van der Waals surface area contributed by atoms with Gasteiger partial charge in [0.2, 0.25) is 0 Å². The number of carboxylic acid groups (broad SMARTS) is 1. The van der Waals surface area contributed by atoms with Gasteiger partial charge in [-0.05, 0) is 24.6 Å². The van der Waals surface area contributed by atoms with Crippen molar-refractivity contribution >= 4 is 21.8 Å². The van der Waals surface area contributed by atoms with Crippen LogP contribution in [-0.2, 0) is 24.3 Å². The molecule has 0 aromatic heterocycles. The minimum atomic E-state index is -4.02. The van der Waals surface area contributed by atoms with Crippen molar-refractivity contribution in [3.05, 3.63) is 29.5 Å². The van der Waals surface area contributed by atoms with Gasteiger partial charge in [-0.2, -0.15) is 0 Å². The lowest BCUT2D eigenvalue weighted by atomic mass is 10.1. The number of ether oxygens (including phenoxy) is 3. The van der Waals surface area contributed by atoms with E-state index in [9.17, 15) is 18.3 Å². The van der Waals surface area contributed by atoms with Gasteiger partial charge in [-0.1, -0.05) is 0 Å². The summed E-state index contributed by atoms with van der Waals surface area (Å²) in [6, 6.07) is 4.33. The van der Waals surface area contributed by atoms with E-state index in [0.717, 1.165) is 4.31 Å². The summed E-state index contributed by atoms with van der Waals surface area (Å²) in [5, 5.41) is 9.54. The molecule has 0 radical (unpaired) electrons. The van der Waals surface area contributed by atoms with E-state index in [1.54, 1.807) is 0 Å². The molecule has 0 aliphatic carbocycles. The number of sulfonamides is 1. The second kappa shape index (κ2) is 7.10. The highest BCUT2D eigenvalue weighted by atomic mass is 32.2. The molecule has 0 saturated carbocycles. The lowest BCUT2D eigenvalue weighted by Gasteiger charge is -2.31. The van der Waals surface area contributed by atoms with E-state index in [4.69, 9.17) is 14.2 Å². The Morgan fingerprint density at radius 1 is 1.21 bits per heavy atom. The van der Waals surface area contributed by atoms with Crippen molar-refractivity contribution in [1.29, 1.82) is 0 Å². The van der Waals surface area contributed by atoms with Crippen LogP contribution in [0, 0.1) is 0 Å². The molecule has 1 heterocycles. The number of aliphatic carboxylic acids is 1. The van der Waals surface area contributed by atoms with Crippen LogP contribution in [0.15, 0.2) is 28.8 Å². The van der Waals surface area contributed by atoms with Gasteiger partial charge in [-0.3, -0.25) is 4.31 Å². The number of benzene rings is 1. The molecule has 1 aromatic carbocycles. The summed E-state index contributed by atoms with van der Waals surface area (Å²) < 4.78 is 41.8. The van der Waals surface area contributed by atoms with Crippen LogP contribution in [0.5, 0.6) is 5.75 Å². The van der Waals surface area contributed by atoms with E-state index < -0.39 is 21.7 Å². The molecule has 24 heavy (non-hydrogen) atoms. The predicted octanol–water partition coefficient (Wildman–Crippen LogP) is 1.14. The molecule has 0 amide bonds. The molecule has 1 aliphatic heterocycles. The van der Waals surface area contributed by atoms with E-state index in [1.807, 2.05) is 0 Å². The number of hydrogen-bond acceptors (Lipinski definition) is 6. The number of fused-ring (bicyclic) bond motifs is 1. The maximum absolute atomic E-state index is 12.9. The zero-order chi connectivity index (χ0) is 17.9. The van der Waals surface area contributed by atoms with Crippen LogP contribution in [0.1, 0.15) is 12.0 Å². The molecule has 9 heteroatoms. The first-order valence-electron chi connectivity index (χ1n) is 7.10. The average molecular weight is 357 g/mol. The van der Waals surface area contributed by atoms with Crippen LogP contribution in [0.3, 0.4) is 0 Å². The molecule has 0 spiro atoms. The largest absolute Gasteiger partial charge is 0.497 e. The number of carbonyl (C=O) groups is 1. The summed E-state index contributed by atoms with van der Waals surface area (Å²) >= 11 is 0. The Morgan fingerprint density at radius 2 is 1.92 bits per heavy atom. The van der Waals surface area contributed by atoms with Crippen molar-refractivity contribution < 1.29 is 32.5 Å². The first kappa shape index (κ1) is 18.1. The van der Waals surface area contributed by atoms with E-state index in [-0.39, 0.29) is 22.8 Å². The molecule has 0 fully saturated rings. The summed E-state index contributed by atoms with van der Waals surface area (Å²) in [6.07, 6.45) is 0.342. The second-order valence-corrected chi connectivity index (χ2v) is 6.80. The van der Waals surface area contributed by atoms with Crippen LogP contribution in [0.25, 0.3) is 5.76 Å². The number of hydrogen-bond donors (Lipinski definition) is 1. The van der Waals surface area contributed by atoms with Crippen LogP contribution >= 0.6 is 0 Å². The van der Waals surface area contributed by atoms with Gasteiger partial charge in [-0.15, -0.1) is 0 Å². The molecule has 8 nitrogen and oxygen atoms in total.